The fourth-order valence-electron chi connectivity index (χ4n) is 3.03. The summed E-state index contributed by atoms with van der Waals surface area (Å²) >= 11 is 0. The lowest BCUT2D eigenvalue weighted by molar-refractivity contribution is -0.274. The fraction of sp³-hybridized carbons (Fsp3) is 0.182. The number of ether oxygens (including phenoxy) is 2. The second-order valence-corrected chi connectivity index (χ2v) is 6.82. The molecule has 0 unspecified atom stereocenters. The van der Waals surface area contributed by atoms with Gasteiger partial charge in [-0.2, -0.15) is 5.10 Å². The van der Waals surface area contributed by atoms with Gasteiger partial charge in [0.2, 0.25) is 0 Å². The minimum absolute atomic E-state index is 0.0736. The smallest absolute Gasteiger partial charge is 0.450 e. The number of hydrogen-bond acceptors (Lipinski definition) is 6. The molecule has 0 atom stereocenters. The Morgan fingerprint density at radius 1 is 1.00 bits per heavy atom. The number of amides is 1. The Morgan fingerprint density at radius 2 is 1.64 bits per heavy atom. The molecule has 0 aliphatic rings. The quantitative estimate of drug-likeness (QED) is 0.327. The van der Waals surface area contributed by atoms with Crippen LogP contribution in [0.1, 0.15) is 21.7 Å². The van der Waals surface area contributed by atoms with Gasteiger partial charge in [0, 0.05) is 5.69 Å². The summed E-state index contributed by atoms with van der Waals surface area (Å²) in [7, 11) is 0. The first-order chi connectivity index (χ1) is 15.5. The lowest BCUT2D eigenvalue weighted by Gasteiger charge is -2.10. The third-order valence-electron chi connectivity index (χ3n) is 4.41. The highest BCUT2D eigenvalue weighted by molar-refractivity contribution is 6.41. The number of ketones is 1. The van der Waals surface area contributed by atoms with Crippen molar-refractivity contribution in [1.29, 1.82) is 0 Å². The highest BCUT2D eigenvalue weighted by Crippen LogP contribution is 2.24. The van der Waals surface area contributed by atoms with Gasteiger partial charge in [-0.3, -0.25) is 9.59 Å². The maximum absolute atomic E-state index is 12.6. The third kappa shape index (κ3) is 5.97. The van der Waals surface area contributed by atoms with Gasteiger partial charge in [-0.15, -0.1) is 13.2 Å². The molecule has 0 spiro atoms. The fourth-order valence-corrected chi connectivity index (χ4v) is 3.03. The molecule has 0 saturated heterocycles. The molecule has 0 aliphatic carbocycles. The number of benzene rings is 2. The first-order valence-corrected chi connectivity index (χ1v) is 9.54. The molecule has 8 nitrogen and oxygen atoms in total. The number of hydrogen-bond donors (Lipinski definition) is 1. The van der Waals surface area contributed by atoms with Gasteiger partial charge < -0.3 is 14.8 Å². The van der Waals surface area contributed by atoms with Crippen molar-refractivity contribution in [3.05, 3.63) is 71.5 Å². The summed E-state index contributed by atoms with van der Waals surface area (Å²) in [6, 6.07) is 13.4. The summed E-state index contributed by atoms with van der Waals surface area (Å²) in [5, 5.41) is 6.63. The molecule has 33 heavy (non-hydrogen) atoms. The van der Waals surface area contributed by atoms with E-state index in [0.29, 0.717) is 17.1 Å². The number of aromatic nitrogens is 2. The van der Waals surface area contributed by atoms with Gasteiger partial charge in [0.25, 0.3) is 11.7 Å². The van der Waals surface area contributed by atoms with Crippen LogP contribution in [-0.2, 0) is 14.3 Å². The van der Waals surface area contributed by atoms with E-state index in [0.717, 1.165) is 12.1 Å². The van der Waals surface area contributed by atoms with Gasteiger partial charge in [-0.25, -0.2) is 9.48 Å². The Morgan fingerprint density at radius 3 is 2.24 bits per heavy atom. The van der Waals surface area contributed by atoms with Gasteiger partial charge in [-0.05, 0) is 50.2 Å². The number of aryl methyl sites for hydroxylation is 1. The lowest BCUT2D eigenvalue weighted by atomic mass is 10.1. The van der Waals surface area contributed by atoms with E-state index in [-0.39, 0.29) is 11.3 Å². The average molecular weight is 461 g/mol. The molecule has 1 N–H and O–H groups in total. The number of carbonyl (C=O) groups is 3. The summed E-state index contributed by atoms with van der Waals surface area (Å²) in [4.78, 5) is 36.8. The number of nitrogens with zero attached hydrogens (tertiary/aromatic N) is 2. The first kappa shape index (κ1) is 23.5. The molecule has 3 rings (SSSR count). The summed E-state index contributed by atoms with van der Waals surface area (Å²) < 4.78 is 46.6. The Balaban J connectivity index is 1.59. The second kappa shape index (κ2) is 9.55. The van der Waals surface area contributed by atoms with Crippen LogP contribution in [0, 0.1) is 13.8 Å². The molecule has 0 radical (unpaired) electrons. The Labute approximate surface area is 185 Å². The molecule has 11 heteroatoms. The van der Waals surface area contributed by atoms with Crippen molar-refractivity contribution in [3.8, 4) is 11.4 Å². The standard InChI is InChI=1S/C22H18F3N3O5/c1-13-19(14(2)28(27-13)16-6-4-3-5-7-16)20(30)21(31)32-12-18(29)26-15-8-10-17(11-9-15)33-22(23,24)25/h3-11H,12H2,1-2H3,(H,26,29). The SMILES string of the molecule is Cc1nn(-c2ccccc2)c(C)c1C(=O)C(=O)OCC(=O)Nc1ccc(OC(F)(F)F)cc1. The summed E-state index contributed by atoms with van der Waals surface area (Å²) in [6.07, 6.45) is -4.83. The van der Waals surface area contributed by atoms with Crippen LogP contribution in [0.5, 0.6) is 5.75 Å². The van der Waals surface area contributed by atoms with Crippen LogP contribution in [-0.4, -0.2) is 40.4 Å². The summed E-state index contributed by atoms with van der Waals surface area (Å²) in [5.41, 5.74) is 1.68. The zero-order chi connectivity index (χ0) is 24.2. The van der Waals surface area contributed by atoms with E-state index >= 15 is 0 Å². The maximum Gasteiger partial charge on any atom is 0.573 e. The molecule has 1 aromatic heterocycles. The molecule has 2 aromatic carbocycles. The van der Waals surface area contributed by atoms with Crippen LogP contribution < -0.4 is 10.1 Å². The number of alkyl halides is 3. The number of halogens is 3. The van der Waals surface area contributed by atoms with Crippen LogP contribution in [0.25, 0.3) is 5.69 Å². The van der Waals surface area contributed by atoms with E-state index in [1.165, 1.54) is 16.8 Å². The van der Waals surface area contributed by atoms with E-state index < -0.39 is 36.4 Å². The molecule has 172 valence electrons. The second-order valence-electron chi connectivity index (χ2n) is 6.82. The molecule has 1 heterocycles. The minimum Gasteiger partial charge on any atom is -0.450 e. The number of nitrogens with one attached hydrogen (secondary N) is 1. The van der Waals surface area contributed by atoms with Crippen LogP contribution >= 0.6 is 0 Å². The average Bonchev–Trinajstić information content (AvgIpc) is 3.06. The summed E-state index contributed by atoms with van der Waals surface area (Å²) in [5.74, 6) is -3.43. The predicted molar refractivity (Wildman–Crippen MR) is 110 cm³/mol. The molecule has 3 aromatic rings. The molecule has 0 bridgehead atoms. The molecule has 0 saturated carbocycles. The number of anilines is 1. The largest absolute Gasteiger partial charge is 0.573 e. The van der Waals surface area contributed by atoms with Gasteiger partial charge in [0.1, 0.15) is 5.75 Å². The Kier molecular flexibility index (Phi) is 6.80. The van der Waals surface area contributed by atoms with E-state index in [9.17, 15) is 27.6 Å². The zero-order valence-corrected chi connectivity index (χ0v) is 17.5. The van der Waals surface area contributed by atoms with Crippen molar-refractivity contribution in [3.63, 3.8) is 0 Å². The zero-order valence-electron chi connectivity index (χ0n) is 17.5. The predicted octanol–water partition coefficient (Wildman–Crippen LogP) is 3.75. The van der Waals surface area contributed by atoms with Gasteiger partial charge in [-0.1, -0.05) is 18.2 Å². The summed E-state index contributed by atoms with van der Waals surface area (Å²) in [6.45, 7) is 2.44. The van der Waals surface area contributed by atoms with Crippen molar-refractivity contribution >= 4 is 23.3 Å². The van der Waals surface area contributed by atoms with Crippen molar-refractivity contribution in [1.82, 2.24) is 9.78 Å². The molecule has 0 fully saturated rings. The number of carbonyl (C=O) groups excluding carboxylic acids is 3. The van der Waals surface area contributed by atoms with Crippen LogP contribution in [0.15, 0.2) is 54.6 Å². The van der Waals surface area contributed by atoms with Crippen molar-refractivity contribution in [2.24, 2.45) is 0 Å². The van der Waals surface area contributed by atoms with Gasteiger partial charge in [0.05, 0.1) is 22.6 Å². The Bertz CT molecular complexity index is 1170. The first-order valence-electron chi connectivity index (χ1n) is 9.54. The van der Waals surface area contributed by atoms with E-state index in [4.69, 9.17) is 4.74 Å². The normalized spacial score (nSPS) is 11.1. The van der Waals surface area contributed by atoms with E-state index in [1.807, 2.05) is 6.07 Å². The van der Waals surface area contributed by atoms with Gasteiger partial charge in [0.15, 0.2) is 6.61 Å². The Hall–Kier alpha value is -4.15. The van der Waals surface area contributed by atoms with E-state index in [2.05, 4.69) is 15.2 Å². The van der Waals surface area contributed by atoms with Crippen LogP contribution in [0.4, 0.5) is 18.9 Å². The molecular weight excluding hydrogens is 443 g/mol. The number of rotatable bonds is 7. The van der Waals surface area contributed by atoms with Crippen molar-refractivity contribution in [2.45, 2.75) is 20.2 Å². The molecule has 0 aliphatic heterocycles. The monoisotopic (exact) mass is 461 g/mol. The number of para-hydroxylation sites is 1. The third-order valence-corrected chi connectivity index (χ3v) is 4.41. The molecular formula is C22H18F3N3O5. The highest BCUT2D eigenvalue weighted by Gasteiger charge is 2.31. The van der Waals surface area contributed by atoms with Gasteiger partial charge >= 0.3 is 12.3 Å². The minimum atomic E-state index is -4.83. The topological polar surface area (TPSA) is 99.5 Å². The highest BCUT2D eigenvalue weighted by atomic mass is 19.4. The van der Waals surface area contributed by atoms with Crippen molar-refractivity contribution in [2.75, 3.05) is 11.9 Å². The van der Waals surface area contributed by atoms with Crippen molar-refractivity contribution < 1.29 is 37.0 Å². The van der Waals surface area contributed by atoms with Crippen LogP contribution in [0.3, 0.4) is 0 Å². The molecule has 1 amide bonds. The lowest BCUT2D eigenvalue weighted by Crippen LogP contribution is -2.25. The maximum atomic E-state index is 12.6. The number of esters is 1. The van der Waals surface area contributed by atoms with E-state index in [1.54, 1.807) is 38.1 Å². The van der Waals surface area contributed by atoms with Crippen LogP contribution in [0.2, 0.25) is 0 Å². The number of Topliss-reactive ketones (excluding diaryl/α,β-unsaturated/α-hetero) is 1.